The topological polar surface area (TPSA) is 76.1 Å². The van der Waals surface area contributed by atoms with Gasteiger partial charge in [0.2, 0.25) is 0 Å². The number of fused-ring (bicyclic) bond motifs is 1. The van der Waals surface area contributed by atoms with Crippen LogP contribution in [0.4, 0.5) is 20.4 Å². The second-order valence-corrected chi connectivity index (χ2v) is 10.8. The lowest BCUT2D eigenvalue weighted by molar-refractivity contribution is 0.0113. The molecule has 4 aromatic rings. The van der Waals surface area contributed by atoms with E-state index >= 15 is 0 Å². The summed E-state index contributed by atoms with van der Waals surface area (Å²) in [5, 5.41) is 4.23. The summed E-state index contributed by atoms with van der Waals surface area (Å²) in [5.41, 5.74) is 4.81. The first kappa shape index (κ1) is 24.3. The van der Waals surface area contributed by atoms with E-state index in [0.717, 1.165) is 50.6 Å². The minimum absolute atomic E-state index is 0.101. The van der Waals surface area contributed by atoms with Crippen molar-refractivity contribution in [2.45, 2.75) is 44.6 Å². The highest BCUT2D eigenvalue weighted by Crippen LogP contribution is 2.34. The molecule has 0 aliphatic carbocycles. The van der Waals surface area contributed by atoms with Gasteiger partial charge in [-0.1, -0.05) is 6.07 Å². The van der Waals surface area contributed by atoms with Crippen molar-refractivity contribution >= 4 is 33.2 Å². The van der Waals surface area contributed by atoms with Gasteiger partial charge >= 0.3 is 0 Å². The fourth-order valence-corrected chi connectivity index (χ4v) is 5.99. The zero-order chi connectivity index (χ0) is 25.4. The van der Waals surface area contributed by atoms with Crippen molar-refractivity contribution in [2.75, 3.05) is 31.6 Å². The molecule has 0 saturated carbocycles. The molecule has 0 radical (unpaired) electrons. The van der Waals surface area contributed by atoms with E-state index < -0.39 is 5.92 Å². The van der Waals surface area contributed by atoms with Gasteiger partial charge in [0.15, 0.2) is 0 Å². The summed E-state index contributed by atoms with van der Waals surface area (Å²) in [6.07, 6.45) is 5.34. The van der Waals surface area contributed by atoms with Crippen molar-refractivity contribution in [3.63, 3.8) is 0 Å². The molecule has 2 aliphatic heterocycles. The van der Waals surface area contributed by atoms with Crippen LogP contribution in [0.25, 0.3) is 20.8 Å². The van der Waals surface area contributed by atoms with Crippen molar-refractivity contribution in [1.29, 1.82) is 0 Å². The second-order valence-electron chi connectivity index (χ2n) is 9.80. The molecule has 37 heavy (non-hydrogen) atoms. The van der Waals surface area contributed by atoms with Crippen LogP contribution in [0.2, 0.25) is 0 Å². The molecule has 6 rings (SSSR count). The molecule has 0 bridgehead atoms. The molecular weight excluding hydrogens is 494 g/mol. The predicted octanol–water partition coefficient (Wildman–Crippen LogP) is 5.94. The van der Waals surface area contributed by atoms with Crippen LogP contribution in [0.3, 0.4) is 0 Å². The Morgan fingerprint density at radius 1 is 1.11 bits per heavy atom. The molecule has 4 aromatic heterocycles. The van der Waals surface area contributed by atoms with Gasteiger partial charge in [-0.05, 0) is 49.4 Å². The Morgan fingerprint density at radius 2 is 1.97 bits per heavy atom. The van der Waals surface area contributed by atoms with E-state index in [9.17, 15) is 8.78 Å². The van der Waals surface area contributed by atoms with Gasteiger partial charge in [0.1, 0.15) is 16.6 Å². The van der Waals surface area contributed by atoms with Gasteiger partial charge in [-0.15, -0.1) is 11.3 Å². The average molecular weight is 523 g/mol. The largest absolute Gasteiger partial charge is 0.381 e. The minimum atomic E-state index is -2.63. The monoisotopic (exact) mass is 522 g/mol. The first-order valence-corrected chi connectivity index (χ1v) is 13.4. The maximum atomic E-state index is 13.9. The number of hydrogen-bond donors (Lipinski definition) is 1. The predicted molar refractivity (Wildman–Crippen MR) is 141 cm³/mol. The van der Waals surface area contributed by atoms with Crippen LogP contribution in [-0.2, 0) is 11.3 Å². The molecule has 7 nitrogen and oxygen atoms in total. The molecule has 0 amide bonds. The molecule has 2 fully saturated rings. The van der Waals surface area contributed by atoms with E-state index in [1.165, 1.54) is 0 Å². The number of nitrogens with zero attached hydrogens (tertiary/aromatic N) is 5. The van der Waals surface area contributed by atoms with Gasteiger partial charge in [-0.25, -0.2) is 23.7 Å². The second kappa shape index (κ2) is 10.00. The Hall–Kier alpha value is -3.08. The highest BCUT2D eigenvalue weighted by atomic mass is 32.1. The van der Waals surface area contributed by atoms with Crippen LogP contribution in [0.15, 0.2) is 42.7 Å². The lowest BCUT2D eigenvalue weighted by Crippen LogP contribution is -2.26. The summed E-state index contributed by atoms with van der Waals surface area (Å²) in [4.78, 5) is 20.3. The fourth-order valence-electron chi connectivity index (χ4n) is 5.08. The lowest BCUT2D eigenvalue weighted by atomic mass is 9.90. The number of aryl methyl sites for hydroxylation is 1. The zero-order valence-corrected chi connectivity index (χ0v) is 21.4. The van der Waals surface area contributed by atoms with E-state index in [2.05, 4.69) is 21.4 Å². The van der Waals surface area contributed by atoms with Crippen molar-refractivity contribution < 1.29 is 13.5 Å². The van der Waals surface area contributed by atoms with E-state index in [1.807, 2.05) is 37.4 Å². The number of aromatic nitrogens is 4. The zero-order valence-electron chi connectivity index (χ0n) is 20.6. The normalized spacial score (nSPS) is 18.5. The molecule has 2 saturated heterocycles. The number of ether oxygens (including phenoxy) is 1. The number of likely N-dealkylation sites (tertiary alicyclic amines) is 1. The van der Waals surface area contributed by atoms with E-state index in [0.29, 0.717) is 43.9 Å². The first-order chi connectivity index (χ1) is 17.9. The number of halogens is 2. The van der Waals surface area contributed by atoms with E-state index in [-0.39, 0.29) is 13.0 Å². The van der Waals surface area contributed by atoms with E-state index in [1.54, 1.807) is 22.4 Å². The maximum absolute atomic E-state index is 13.9. The number of thiazole rings is 1. The molecule has 6 heterocycles. The molecule has 2 aliphatic rings. The molecule has 10 heteroatoms. The van der Waals surface area contributed by atoms with Crippen molar-refractivity contribution in [2.24, 2.45) is 0 Å². The molecule has 0 aromatic carbocycles. The standard InChI is InChI=1S/C27H28F2N6OS/c1-17-12-19(4-8-30-17)26-33-21-13-25(31-14-23(21)37-26)34-24-3-2-20(18-5-10-36-11-6-18)22(32-24)15-35-9-7-27(28,29)16-35/h2-4,8,12-14,18H,5-7,9-11,15-16H2,1H3,(H,31,32,34). The Kier molecular flexibility index (Phi) is 6.56. The van der Waals surface area contributed by atoms with Crippen LogP contribution >= 0.6 is 11.3 Å². The number of pyridine rings is 3. The SMILES string of the molecule is Cc1cc(-c2nc3cc(Nc4ccc(C5CCOCC5)c(CN5CCC(F)(F)C5)n4)ncc3s2)ccn1. The maximum Gasteiger partial charge on any atom is 0.261 e. The van der Waals surface area contributed by atoms with Crippen molar-refractivity contribution in [3.05, 3.63) is 59.7 Å². The van der Waals surface area contributed by atoms with E-state index in [4.69, 9.17) is 14.7 Å². The molecular formula is C27H28F2N6OS. The summed E-state index contributed by atoms with van der Waals surface area (Å²) in [6.45, 7) is 3.95. The Balaban J connectivity index is 1.26. The number of nitrogens with one attached hydrogen (secondary N) is 1. The van der Waals surface area contributed by atoms with Gasteiger partial charge < -0.3 is 10.1 Å². The summed E-state index contributed by atoms with van der Waals surface area (Å²) in [5.74, 6) is -1.02. The third-order valence-corrected chi connectivity index (χ3v) is 8.02. The quantitative estimate of drug-likeness (QED) is 0.336. The van der Waals surface area contributed by atoms with Gasteiger partial charge in [0.05, 0.1) is 22.5 Å². The minimum Gasteiger partial charge on any atom is -0.381 e. The smallest absolute Gasteiger partial charge is 0.261 e. The van der Waals surface area contributed by atoms with Crippen LogP contribution in [-0.4, -0.2) is 57.1 Å². The number of hydrogen-bond acceptors (Lipinski definition) is 8. The highest BCUT2D eigenvalue weighted by molar-refractivity contribution is 7.21. The van der Waals surface area contributed by atoms with Crippen LogP contribution in [0.5, 0.6) is 0 Å². The summed E-state index contributed by atoms with van der Waals surface area (Å²) < 4.78 is 34.3. The lowest BCUT2D eigenvalue weighted by Gasteiger charge is -2.26. The summed E-state index contributed by atoms with van der Waals surface area (Å²) >= 11 is 1.59. The Labute approximate surface area is 218 Å². The van der Waals surface area contributed by atoms with Gasteiger partial charge in [-0.2, -0.15) is 0 Å². The number of rotatable bonds is 6. The highest BCUT2D eigenvalue weighted by Gasteiger charge is 2.38. The molecule has 0 spiro atoms. The molecule has 0 unspecified atom stereocenters. The van der Waals surface area contributed by atoms with Crippen molar-refractivity contribution in [1.82, 2.24) is 24.8 Å². The van der Waals surface area contributed by atoms with Gasteiger partial charge in [0, 0.05) is 62.4 Å². The number of alkyl halides is 2. The first-order valence-electron chi connectivity index (χ1n) is 12.6. The van der Waals surface area contributed by atoms with Gasteiger partial charge in [-0.3, -0.25) is 9.88 Å². The van der Waals surface area contributed by atoms with Crippen LogP contribution in [0, 0.1) is 6.92 Å². The van der Waals surface area contributed by atoms with Crippen LogP contribution in [0.1, 0.15) is 42.1 Å². The molecule has 0 atom stereocenters. The number of anilines is 2. The van der Waals surface area contributed by atoms with Gasteiger partial charge in [0.25, 0.3) is 5.92 Å². The summed E-state index contributed by atoms with van der Waals surface area (Å²) in [6, 6.07) is 9.92. The van der Waals surface area contributed by atoms with Crippen molar-refractivity contribution in [3.8, 4) is 10.6 Å². The average Bonchev–Trinajstić information content (AvgIpc) is 3.47. The third kappa shape index (κ3) is 5.46. The Morgan fingerprint density at radius 3 is 2.76 bits per heavy atom. The Bertz CT molecular complexity index is 1420. The molecule has 1 N–H and O–H groups in total. The fraction of sp³-hybridized carbons (Fsp3) is 0.407. The van der Waals surface area contributed by atoms with Crippen LogP contribution < -0.4 is 5.32 Å². The summed E-state index contributed by atoms with van der Waals surface area (Å²) in [7, 11) is 0. The molecule has 192 valence electrons. The third-order valence-electron chi connectivity index (χ3n) is 6.97.